The minimum absolute atomic E-state index is 0.0665. The van der Waals surface area contributed by atoms with Crippen LogP contribution in [-0.2, 0) is 5.41 Å². The number of carbonyl (C=O) groups excluding carboxylic acids is 1. The summed E-state index contributed by atoms with van der Waals surface area (Å²) in [6.07, 6.45) is 0.909. The molecular formula is C13H20N2O3S. The number of hydrogen-bond donors (Lipinski definition) is 3. The van der Waals surface area contributed by atoms with Crippen molar-refractivity contribution in [3.63, 3.8) is 0 Å². The second-order valence-corrected chi connectivity index (χ2v) is 7.09. The monoisotopic (exact) mass is 284 g/mol. The first kappa shape index (κ1) is 14.4. The molecule has 1 amide bonds. The van der Waals surface area contributed by atoms with E-state index in [1.54, 1.807) is 6.20 Å². The van der Waals surface area contributed by atoms with Crippen LogP contribution in [-0.4, -0.2) is 39.4 Å². The van der Waals surface area contributed by atoms with Crippen LogP contribution in [0, 0.1) is 0 Å². The molecule has 0 spiro atoms. The molecule has 3 N–H and O–H groups in total. The van der Waals surface area contributed by atoms with Crippen molar-refractivity contribution in [2.75, 3.05) is 0 Å². The van der Waals surface area contributed by atoms with E-state index in [0.717, 1.165) is 5.01 Å². The molecule has 0 aromatic carbocycles. The molecule has 2 rings (SSSR count). The van der Waals surface area contributed by atoms with Crippen LogP contribution in [0.5, 0.6) is 0 Å². The highest BCUT2D eigenvalue weighted by Gasteiger charge is 2.32. The highest BCUT2D eigenvalue weighted by molar-refractivity contribution is 7.13. The minimum atomic E-state index is -0.739. The highest BCUT2D eigenvalue weighted by Crippen LogP contribution is 2.27. The van der Waals surface area contributed by atoms with Gasteiger partial charge in [0, 0.05) is 11.5 Å². The van der Waals surface area contributed by atoms with Crippen LogP contribution in [0.15, 0.2) is 6.20 Å². The predicted octanol–water partition coefficient (Wildman–Crippen LogP) is 1.05. The fourth-order valence-corrected chi connectivity index (χ4v) is 2.97. The number of aliphatic hydroxyl groups excluding tert-OH is 2. The van der Waals surface area contributed by atoms with Crippen LogP contribution in [0.4, 0.5) is 0 Å². The Morgan fingerprint density at radius 2 is 1.95 bits per heavy atom. The molecule has 1 heterocycles. The van der Waals surface area contributed by atoms with Gasteiger partial charge in [-0.15, -0.1) is 11.3 Å². The number of aromatic nitrogens is 1. The van der Waals surface area contributed by atoms with Gasteiger partial charge in [-0.1, -0.05) is 20.8 Å². The molecule has 0 saturated heterocycles. The van der Waals surface area contributed by atoms with E-state index in [4.69, 9.17) is 0 Å². The van der Waals surface area contributed by atoms with Gasteiger partial charge in [-0.05, 0) is 12.8 Å². The van der Waals surface area contributed by atoms with E-state index in [9.17, 15) is 15.0 Å². The normalized spacial score (nSPS) is 27.5. The molecule has 0 radical (unpaired) electrons. The molecule has 0 aliphatic heterocycles. The van der Waals surface area contributed by atoms with Gasteiger partial charge in [0.05, 0.1) is 23.4 Å². The minimum Gasteiger partial charge on any atom is -0.390 e. The lowest BCUT2D eigenvalue weighted by atomic mass is 9.98. The molecule has 1 aromatic rings. The molecule has 1 aliphatic rings. The average Bonchev–Trinajstić information content (AvgIpc) is 2.86. The Morgan fingerprint density at radius 3 is 2.42 bits per heavy atom. The van der Waals surface area contributed by atoms with Crippen molar-refractivity contribution in [1.29, 1.82) is 0 Å². The molecule has 6 heteroatoms. The first-order chi connectivity index (χ1) is 8.77. The van der Waals surface area contributed by atoms with Crippen molar-refractivity contribution in [3.8, 4) is 0 Å². The van der Waals surface area contributed by atoms with E-state index in [2.05, 4.69) is 31.1 Å². The first-order valence-electron chi connectivity index (χ1n) is 6.40. The smallest absolute Gasteiger partial charge is 0.263 e. The van der Waals surface area contributed by atoms with Crippen molar-refractivity contribution >= 4 is 17.2 Å². The van der Waals surface area contributed by atoms with E-state index >= 15 is 0 Å². The molecule has 19 heavy (non-hydrogen) atoms. The maximum atomic E-state index is 12.1. The maximum Gasteiger partial charge on any atom is 0.263 e. The van der Waals surface area contributed by atoms with Gasteiger partial charge in [-0.25, -0.2) is 4.98 Å². The van der Waals surface area contributed by atoms with Gasteiger partial charge in [0.25, 0.3) is 5.91 Å². The highest BCUT2D eigenvalue weighted by atomic mass is 32.1. The van der Waals surface area contributed by atoms with Gasteiger partial charge in [0.1, 0.15) is 4.88 Å². The van der Waals surface area contributed by atoms with Gasteiger partial charge in [0.2, 0.25) is 0 Å². The number of nitrogens with zero attached hydrogens (tertiary/aromatic N) is 1. The summed E-state index contributed by atoms with van der Waals surface area (Å²) in [5.74, 6) is -0.181. The van der Waals surface area contributed by atoms with Gasteiger partial charge in [-0.3, -0.25) is 4.79 Å². The lowest BCUT2D eigenvalue weighted by molar-refractivity contribution is 0.0438. The van der Waals surface area contributed by atoms with E-state index < -0.39 is 12.2 Å². The van der Waals surface area contributed by atoms with Crippen LogP contribution in [0.1, 0.15) is 48.3 Å². The van der Waals surface area contributed by atoms with Crippen LogP contribution >= 0.6 is 11.3 Å². The van der Waals surface area contributed by atoms with Crippen molar-refractivity contribution in [3.05, 3.63) is 16.1 Å². The molecule has 5 nitrogen and oxygen atoms in total. The molecule has 3 atom stereocenters. The average molecular weight is 284 g/mol. The van der Waals surface area contributed by atoms with E-state index in [1.807, 2.05) is 0 Å². The summed E-state index contributed by atoms with van der Waals surface area (Å²) in [6.45, 7) is 6.16. The summed E-state index contributed by atoms with van der Waals surface area (Å²) in [6, 6.07) is -0.169. The molecule has 1 unspecified atom stereocenters. The summed E-state index contributed by atoms with van der Waals surface area (Å²) < 4.78 is 0. The second-order valence-electron chi connectivity index (χ2n) is 6.06. The Kier molecular flexibility index (Phi) is 3.94. The molecular weight excluding hydrogens is 264 g/mol. The number of aliphatic hydroxyl groups is 2. The quantitative estimate of drug-likeness (QED) is 0.758. The lowest BCUT2D eigenvalue weighted by Gasteiger charge is -2.13. The molecule has 1 aliphatic carbocycles. The summed E-state index contributed by atoms with van der Waals surface area (Å²) in [7, 11) is 0. The van der Waals surface area contributed by atoms with Gasteiger partial charge >= 0.3 is 0 Å². The topological polar surface area (TPSA) is 82.5 Å². The van der Waals surface area contributed by atoms with Gasteiger partial charge in [-0.2, -0.15) is 0 Å². The largest absolute Gasteiger partial charge is 0.390 e. The van der Waals surface area contributed by atoms with E-state index in [1.165, 1.54) is 11.3 Å². The summed E-state index contributed by atoms with van der Waals surface area (Å²) in [4.78, 5) is 16.9. The van der Waals surface area contributed by atoms with Crippen LogP contribution in [0.2, 0.25) is 0 Å². The Bertz CT molecular complexity index is 457. The first-order valence-corrected chi connectivity index (χ1v) is 7.22. The third kappa shape index (κ3) is 3.32. The van der Waals surface area contributed by atoms with E-state index in [0.29, 0.717) is 17.7 Å². The van der Waals surface area contributed by atoms with Crippen molar-refractivity contribution in [2.24, 2.45) is 0 Å². The number of amides is 1. The third-order valence-electron chi connectivity index (χ3n) is 3.20. The summed E-state index contributed by atoms with van der Waals surface area (Å²) in [5, 5.41) is 22.7. The Morgan fingerprint density at radius 1 is 1.37 bits per heavy atom. The van der Waals surface area contributed by atoms with Crippen molar-refractivity contribution < 1.29 is 15.0 Å². The van der Waals surface area contributed by atoms with Crippen LogP contribution < -0.4 is 5.32 Å². The Labute approximate surface area is 116 Å². The molecule has 0 bridgehead atoms. The third-order valence-corrected chi connectivity index (χ3v) is 4.62. The molecule has 106 valence electrons. The Balaban J connectivity index is 1.99. The SMILES string of the molecule is CC(C)(C)c1ncc(C(=O)NC2C[C@@H](O)[C@@H](O)C2)s1. The van der Waals surface area contributed by atoms with Crippen LogP contribution in [0.25, 0.3) is 0 Å². The Hall–Kier alpha value is -0.980. The summed E-state index contributed by atoms with van der Waals surface area (Å²) >= 11 is 1.38. The standard InChI is InChI=1S/C13H20N2O3S/c1-13(2,3)12-14-6-10(19-12)11(18)15-7-4-8(16)9(17)5-7/h6-9,16-17H,4-5H2,1-3H3,(H,15,18)/t7?,8-,9+. The number of nitrogens with one attached hydrogen (secondary N) is 1. The molecule has 1 aromatic heterocycles. The fourth-order valence-electron chi connectivity index (χ4n) is 2.09. The van der Waals surface area contributed by atoms with Crippen LogP contribution in [0.3, 0.4) is 0 Å². The number of hydrogen-bond acceptors (Lipinski definition) is 5. The fraction of sp³-hybridized carbons (Fsp3) is 0.692. The number of carbonyl (C=O) groups is 1. The zero-order valence-electron chi connectivity index (χ0n) is 11.4. The zero-order chi connectivity index (χ0) is 14.2. The van der Waals surface area contributed by atoms with Crippen molar-refractivity contribution in [2.45, 2.75) is 57.3 Å². The van der Waals surface area contributed by atoms with Gasteiger partial charge in [0.15, 0.2) is 0 Å². The summed E-state index contributed by atoms with van der Waals surface area (Å²) in [5.41, 5.74) is -0.0665. The van der Waals surface area contributed by atoms with Crippen molar-refractivity contribution in [1.82, 2.24) is 10.3 Å². The molecule has 1 fully saturated rings. The predicted molar refractivity (Wildman–Crippen MR) is 73.3 cm³/mol. The zero-order valence-corrected chi connectivity index (χ0v) is 12.2. The maximum absolute atomic E-state index is 12.1. The van der Waals surface area contributed by atoms with Gasteiger partial charge < -0.3 is 15.5 Å². The number of rotatable bonds is 2. The van der Waals surface area contributed by atoms with E-state index in [-0.39, 0.29) is 17.4 Å². The molecule has 1 saturated carbocycles. The number of thiazole rings is 1. The second kappa shape index (κ2) is 5.19. The lowest BCUT2D eigenvalue weighted by Crippen LogP contribution is -2.32.